The fourth-order valence-corrected chi connectivity index (χ4v) is 2.62. The van der Waals surface area contributed by atoms with Crippen LogP contribution >= 0.6 is 0 Å². The topological polar surface area (TPSA) is 68.8 Å². The van der Waals surface area contributed by atoms with Gasteiger partial charge < -0.3 is 24.8 Å². The summed E-state index contributed by atoms with van der Waals surface area (Å²) in [7, 11) is 3.28. The monoisotopic (exact) mass is 372 g/mol. The molecule has 0 unspecified atom stereocenters. The summed E-state index contributed by atoms with van der Waals surface area (Å²) in [5.41, 5.74) is 1.97. The van der Waals surface area contributed by atoms with Crippen molar-refractivity contribution >= 4 is 11.6 Å². The van der Waals surface area contributed by atoms with E-state index in [-0.39, 0.29) is 5.91 Å². The van der Waals surface area contributed by atoms with Gasteiger partial charge in [0.1, 0.15) is 5.75 Å². The quantitative estimate of drug-likeness (QED) is 0.593. The summed E-state index contributed by atoms with van der Waals surface area (Å²) < 4.78 is 16.3. The van der Waals surface area contributed by atoms with E-state index in [0.29, 0.717) is 6.61 Å². The predicted octanol–water partition coefficient (Wildman–Crippen LogP) is 3.26. The fourth-order valence-electron chi connectivity index (χ4n) is 2.62. The van der Waals surface area contributed by atoms with Crippen molar-refractivity contribution in [1.29, 1.82) is 0 Å². The highest BCUT2D eigenvalue weighted by Gasteiger charge is 2.04. The van der Waals surface area contributed by atoms with Crippen molar-refractivity contribution in [3.05, 3.63) is 48.0 Å². The smallest absolute Gasteiger partial charge is 0.221 e. The third kappa shape index (κ3) is 7.19. The van der Waals surface area contributed by atoms with Gasteiger partial charge in [0.05, 0.1) is 20.8 Å². The van der Waals surface area contributed by atoms with Crippen molar-refractivity contribution in [2.45, 2.75) is 19.8 Å². The van der Waals surface area contributed by atoms with Crippen molar-refractivity contribution in [2.75, 3.05) is 39.2 Å². The Morgan fingerprint density at radius 3 is 2.37 bits per heavy atom. The summed E-state index contributed by atoms with van der Waals surface area (Å²) in [6.07, 6.45) is 1.84. The van der Waals surface area contributed by atoms with Crippen LogP contribution in [0.15, 0.2) is 42.5 Å². The minimum atomic E-state index is -0.0807. The molecule has 6 heteroatoms. The Kier molecular flexibility index (Phi) is 8.45. The average molecular weight is 372 g/mol. The molecular weight excluding hydrogens is 344 g/mol. The van der Waals surface area contributed by atoms with Gasteiger partial charge >= 0.3 is 0 Å². The molecule has 0 radical (unpaired) electrons. The van der Waals surface area contributed by atoms with E-state index in [1.165, 1.54) is 12.5 Å². The largest absolute Gasteiger partial charge is 0.494 e. The van der Waals surface area contributed by atoms with Gasteiger partial charge in [-0.1, -0.05) is 6.07 Å². The number of ether oxygens (including phenoxy) is 3. The maximum absolute atomic E-state index is 11.0. The molecular formula is C21H28N2O4. The van der Waals surface area contributed by atoms with Crippen LogP contribution < -0.4 is 24.8 Å². The minimum absolute atomic E-state index is 0.0807. The van der Waals surface area contributed by atoms with Gasteiger partial charge in [0.2, 0.25) is 5.91 Å². The molecule has 0 saturated heterocycles. The average Bonchev–Trinajstić information content (AvgIpc) is 2.67. The number of carbonyl (C=O) groups is 1. The van der Waals surface area contributed by atoms with E-state index < -0.39 is 0 Å². The summed E-state index contributed by atoms with van der Waals surface area (Å²) in [4.78, 5) is 11.0. The lowest BCUT2D eigenvalue weighted by Gasteiger charge is -2.10. The van der Waals surface area contributed by atoms with Crippen LogP contribution in [0.5, 0.6) is 17.2 Å². The highest BCUT2D eigenvalue weighted by atomic mass is 16.5. The summed E-state index contributed by atoms with van der Waals surface area (Å²) in [5, 5.41) is 6.15. The Hall–Kier alpha value is -2.73. The lowest BCUT2D eigenvalue weighted by molar-refractivity contribution is -0.114. The van der Waals surface area contributed by atoms with Crippen molar-refractivity contribution in [1.82, 2.24) is 5.32 Å². The zero-order valence-corrected chi connectivity index (χ0v) is 16.2. The maximum Gasteiger partial charge on any atom is 0.221 e. The van der Waals surface area contributed by atoms with E-state index in [9.17, 15) is 4.79 Å². The second-order valence-electron chi connectivity index (χ2n) is 6.10. The first-order valence-electron chi connectivity index (χ1n) is 9.04. The third-order valence-corrected chi connectivity index (χ3v) is 3.98. The molecule has 0 fully saturated rings. The Morgan fingerprint density at radius 2 is 1.70 bits per heavy atom. The van der Waals surface area contributed by atoms with E-state index in [1.54, 1.807) is 14.2 Å². The van der Waals surface area contributed by atoms with Gasteiger partial charge in [0, 0.05) is 12.6 Å². The van der Waals surface area contributed by atoms with Crippen molar-refractivity contribution < 1.29 is 19.0 Å². The molecule has 0 spiro atoms. The molecule has 6 nitrogen and oxygen atoms in total. The molecule has 0 heterocycles. The maximum atomic E-state index is 11.0. The predicted molar refractivity (Wildman–Crippen MR) is 107 cm³/mol. The molecule has 0 aliphatic carbocycles. The number of rotatable bonds is 11. The van der Waals surface area contributed by atoms with Crippen LogP contribution in [0, 0.1) is 0 Å². The molecule has 2 N–H and O–H groups in total. The first kappa shape index (κ1) is 20.6. The second kappa shape index (κ2) is 11.1. The molecule has 2 aromatic rings. The van der Waals surface area contributed by atoms with Gasteiger partial charge in [-0.25, -0.2) is 0 Å². The van der Waals surface area contributed by atoms with Gasteiger partial charge in [-0.15, -0.1) is 0 Å². The number of amides is 1. The van der Waals surface area contributed by atoms with Crippen molar-refractivity contribution in [3.8, 4) is 17.2 Å². The Bertz CT molecular complexity index is 717. The van der Waals surface area contributed by atoms with Gasteiger partial charge in [-0.05, 0) is 67.9 Å². The van der Waals surface area contributed by atoms with E-state index in [1.807, 2.05) is 36.4 Å². The molecule has 0 atom stereocenters. The summed E-state index contributed by atoms with van der Waals surface area (Å²) >= 11 is 0. The van der Waals surface area contributed by atoms with Crippen LogP contribution in [0.3, 0.4) is 0 Å². The van der Waals surface area contributed by atoms with E-state index in [4.69, 9.17) is 14.2 Å². The van der Waals surface area contributed by atoms with Crippen LogP contribution in [0.25, 0.3) is 0 Å². The van der Waals surface area contributed by atoms with Crippen LogP contribution in [0.2, 0.25) is 0 Å². The molecule has 0 bridgehead atoms. The normalized spacial score (nSPS) is 10.3. The van der Waals surface area contributed by atoms with E-state index in [2.05, 4.69) is 16.7 Å². The molecule has 2 rings (SSSR count). The number of hydrogen-bond acceptors (Lipinski definition) is 5. The third-order valence-electron chi connectivity index (χ3n) is 3.98. The van der Waals surface area contributed by atoms with Crippen molar-refractivity contribution in [3.63, 3.8) is 0 Å². The SMILES string of the molecule is COc1ccc(CCNCCCOc2ccc(NC(C)=O)cc2)cc1OC. The number of methoxy groups -OCH3 is 2. The van der Waals surface area contributed by atoms with Crippen molar-refractivity contribution in [2.24, 2.45) is 0 Å². The minimum Gasteiger partial charge on any atom is -0.494 e. The Morgan fingerprint density at radius 1 is 0.963 bits per heavy atom. The zero-order valence-electron chi connectivity index (χ0n) is 16.2. The highest BCUT2D eigenvalue weighted by Crippen LogP contribution is 2.27. The van der Waals surface area contributed by atoms with Crippen LogP contribution in [0.1, 0.15) is 18.9 Å². The van der Waals surface area contributed by atoms with Gasteiger partial charge in [-0.2, -0.15) is 0 Å². The Balaban J connectivity index is 1.60. The number of anilines is 1. The van der Waals surface area contributed by atoms with Gasteiger partial charge in [0.25, 0.3) is 0 Å². The fraction of sp³-hybridized carbons (Fsp3) is 0.381. The van der Waals surface area contributed by atoms with Crippen LogP contribution in [-0.2, 0) is 11.2 Å². The molecule has 0 saturated carbocycles. The first-order valence-corrected chi connectivity index (χ1v) is 9.04. The lowest BCUT2D eigenvalue weighted by Crippen LogP contribution is -2.20. The highest BCUT2D eigenvalue weighted by molar-refractivity contribution is 5.88. The number of carbonyl (C=O) groups excluding carboxylic acids is 1. The lowest BCUT2D eigenvalue weighted by atomic mass is 10.1. The molecule has 2 aromatic carbocycles. The zero-order chi connectivity index (χ0) is 19.5. The first-order chi connectivity index (χ1) is 13.1. The summed E-state index contributed by atoms with van der Waals surface area (Å²) in [5.74, 6) is 2.22. The molecule has 0 aliphatic rings. The Labute approximate surface area is 160 Å². The number of benzene rings is 2. The number of hydrogen-bond donors (Lipinski definition) is 2. The van der Waals surface area contributed by atoms with E-state index in [0.717, 1.165) is 48.9 Å². The summed E-state index contributed by atoms with van der Waals surface area (Å²) in [6, 6.07) is 13.4. The van der Waals surface area contributed by atoms with Gasteiger partial charge in [-0.3, -0.25) is 4.79 Å². The molecule has 0 aromatic heterocycles. The standard InChI is InChI=1S/C21H28N2O4/c1-16(24)23-18-6-8-19(9-7-18)27-14-4-12-22-13-11-17-5-10-20(25-2)21(15-17)26-3/h5-10,15,22H,4,11-14H2,1-3H3,(H,23,24). The molecule has 146 valence electrons. The van der Waals surface area contributed by atoms with E-state index >= 15 is 0 Å². The van der Waals surface area contributed by atoms with Crippen LogP contribution in [0.4, 0.5) is 5.69 Å². The second-order valence-corrected chi connectivity index (χ2v) is 6.10. The summed E-state index contributed by atoms with van der Waals surface area (Å²) in [6.45, 7) is 3.91. The molecule has 0 aliphatic heterocycles. The molecule has 1 amide bonds. The van der Waals surface area contributed by atoms with Crippen LogP contribution in [-0.4, -0.2) is 39.8 Å². The van der Waals surface area contributed by atoms with Gasteiger partial charge in [0.15, 0.2) is 11.5 Å². The number of nitrogens with one attached hydrogen (secondary N) is 2. The molecule has 27 heavy (non-hydrogen) atoms.